The van der Waals surface area contributed by atoms with E-state index in [4.69, 9.17) is 28.4 Å². The minimum atomic E-state index is -1.76. The predicted octanol–water partition coefficient (Wildman–Crippen LogP) is 5.60. The SMILES string of the molecule is CCCC/C=C/C/C=C/CCCCCCCC(=O)OC[C@H](CO[C@@H]1O[C@H](CO[C@@H]2O[C@H](CO)[C@H](O)C(O)C2O)[C@H](O)C(O)C1O)OC(=O)CCCCCCCCCCCCCC. The Hall–Kier alpha value is -2.02. The number of ether oxygens (including phenoxy) is 6. The molecule has 2 aliphatic rings. The Morgan fingerprint density at radius 3 is 1.55 bits per heavy atom. The maximum atomic E-state index is 12.9. The van der Waals surface area contributed by atoms with Crippen molar-refractivity contribution in [3.05, 3.63) is 24.3 Å². The molecule has 2 saturated heterocycles. The van der Waals surface area contributed by atoms with Crippen molar-refractivity contribution >= 4 is 11.9 Å². The molecule has 62 heavy (non-hydrogen) atoms. The summed E-state index contributed by atoms with van der Waals surface area (Å²) in [6, 6.07) is 0. The lowest BCUT2D eigenvalue weighted by Crippen LogP contribution is -2.61. The molecule has 0 radical (unpaired) electrons. The molecule has 0 aromatic heterocycles. The van der Waals surface area contributed by atoms with E-state index in [1.165, 1.54) is 64.2 Å². The number of aliphatic hydroxyl groups excluding tert-OH is 7. The smallest absolute Gasteiger partial charge is 0.306 e. The summed E-state index contributed by atoms with van der Waals surface area (Å²) < 4.78 is 33.5. The highest BCUT2D eigenvalue weighted by Gasteiger charge is 2.47. The molecule has 2 fully saturated rings. The first kappa shape index (κ1) is 56.1. The van der Waals surface area contributed by atoms with Crippen molar-refractivity contribution < 1.29 is 73.8 Å². The fourth-order valence-corrected chi connectivity index (χ4v) is 7.41. The zero-order chi connectivity index (χ0) is 45.4. The minimum Gasteiger partial charge on any atom is -0.462 e. The largest absolute Gasteiger partial charge is 0.462 e. The monoisotopic (exact) mass is 889 g/mol. The van der Waals surface area contributed by atoms with Crippen molar-refractivity contribution in [3.8, 4) is 0 Å². The second-order valence-electron chi connectivity index (χ2n) is 16.9. The molecule has 0 spiro atoms. The Morgan fingerprint density at radius 1 is 0.516 bits per heavy atom. The first-order chi connectivity index (χ1) is 30.0. The summed E-state index contributed by atoms with van der Waals surface area (Å²) in [7, 11) is 0. The Labute approximate surface area is 371 Å². The van der Waals surface area contributed by atoms with E-state index in [9.17, 15) is 45.3 Å². The molecule has 2 rings (SSSR count). The van der Waals surface area contributed by atoms with Gasteiger partial charge in [-0.15, -0.1) is 0 Å². The van der Waals surface area contributed by atoms with Gasteiger partial charge in [0.15, 0.2) is 18.7 Å². The number of rotatable bonds is 36. The Morgan fingerprint density at radius 2 is 0.984 bits per heavy atom. The molecule has 0 bridgehead atoms. The van der Waals surface area contributed by atoms with Crippen LogP contribution in [0.5, 0.6) is 0 Å². The van der Waals surface area contributed by atoms with Gasteiger partial charge in [-0.05, 0) is 38.5 Å². The van der Waals surface area contributed by atoms with Gasteiger partial charge in [0, 0.05) is 12.8 Å². The third-order valence-electron chi connectivity index (χ3n) is 11.4. The molecular formula is C47H84O15. The van der Waals surface area contributed by atoms with Gasteiger partial charge in [0.25, 0.3) is 0 Å². The zero-order valence-corrected chi connectivity index (χ0v) is 37.9. The maximum Gasteiger partial charge on any atom is 0.306 e. The number of aliphatic hydroxyl groups is 7. The first-order valence-corrected chi connectivity index (χ1v) is 23.9. The number of allylic oxidation sites excluding steroid dienone is 4. The van der Waals surface area contributed by atoms with Crippen LogP contribution in [0.1, 0.15) is 168 Å². The highest BCUT2D eigenvalue weighted by molar-refractivity contribution is 5.70. The van der Waals surface area contributed by atoms with Crippen molar-refractivity contribution in [1.82, 2.24) is 0 Å². The van der Waals surface area contributed by atoms with Crippen LogP contribution >= 0.6 is 0 Å². The van der Waals surface area contributed by atoms with Gasteiger partial charge in [0.1, 0.15) is 55.4 Å². The molecule has 0 aliphatic carbocycles. The first-order valence-electron chi connectivity index (χ1n) is 23.9. The highest BCUT2D eigenvalue weighted by Crippen LogP contribution is 2.26. The van der Waals surface area contributed by atoms with Gasteiger partial charge in [0.05, 0.1) is 19.8 Å². The van der Waals surface area contributed by atoms with Crippen LogP contribution in [-0.2, 0) is 38.0 Å². The van der Waals surface area contributed by atoms with Gasteiger partial charge in [0.2, 0.25) is 0 Å². The standard InChI is InChI=1S/C47H84O15/c1-3-5-7-9-11-13-15-17-18-20-21-23-25-27-29-38(49)57-32-35(60-39(50)30-28-26-24-22-19-16-14-12-10-8-6-4-2)33-58-46-45(56)43(54)41(52)37(62-46)34-59-47-44(55)42(53)40(51)36(31-48)61-47/h9,11,15,17,35-37,40-48,51-56H,3-8,10,12-14,16,18-34H2,1-2H3/b11-9+,17-15+/t35-,36-,37-,40+,41+,42?,43?,44?,45?,46-,47-/m1/s1. The quantitative estimate of drug-likeness (QED) is 0.0231. The molecular weight excluding hydrogens is 805 g/mol. The average molecular weight is 889 g/mol. The Bertz CT molecular complexity index is 1180. The van der Waals surface area contributed by atoms with E-state index in [-0.39, 0.29) is 26.1 Å². The summed E-state index contributed by atoms with van der Waals surface area (Å²) in [6.07, 6.45) is 16.4. The Kier molecular flexibility index (Phi) is 31.9. The van der Waals surface area contributed by atoms with Crippen LogP contribution in [0.15, 0.2) is 24.3 Å². The number of unbranched alkanes of at least 4 members (excludes halogenated alkanes) is 18. The van der Waals surface area contributed by atoms with E-state index in [0.29, 0.717) is 12.8 Å². The Balaban J connectivity index is 1.84. The number of hydrogen-bond acceptors (Lipinski definition) is 15. The number of carbonyl (C=O) groups excluding carboxylic acids is 2. The van der Waals surface area contributed by atoms with Crippen LogP contribution in [0, 0.1) is 0 Å². The summed E-state index contributed by atoms with van der Waals surface area (Å²) in [4.78, 5) is 25.6. The fourth-order valence-electron chi connectivity index (χ4n) is 7.41. The number of carbonyl (C=O) groups is 2. The van der Waals surface area contributed by atoms with E-state index in [1.807, 2.05) is 0 Å². The molecule has 0 aromatic rings. The van der Waals surface area contributed by atoms with E-state index >= 15 is 0 Å². The molecule has 0 amide bonds. The third kappa shape index (κ3) is 23.8. The lowest BCUT2D eigenvalue weighted by molar-refractivity contribution is -0.332. The van der Waals surface area contributed by atoms with Gasteiger partial charge >= 0.3 is 11.9 Å². The average Bonchev–Trinajstić information content (AvgIpc) is 3.26. The topological polar surface area (TPSA) is 231 Å². The normalized spacial score (nSPS) is 27.2. The molecule has 0 aromatic carbocycles. The van der Waals surface area contributed by atoms with E-state index in [0.717, 1.165) is 64.2 Å². The molecule has 4 unspecified atom stereocenters. The van der Waals surface area contributed by atoms with Crippen molar-refractivity contribution in [2.75, 3.05) is 26.4 Å². The lowest BCUT2D eigenvalue weighted by atomic mass is 9.98. The molecule has 15 heteroatoms. The van der Waals surface area contributed by atoms with Crippen molar-refractivity contribution in [3.63, 3.8) is 0 Å². The summed E-state index contributed by atoms with van der Waals surface area (Å²) in [6.45, 7) is 2.52. The van der Waals surface area contributed by atoms with Gasteiger partial charge in [-0.2, -0.15) is 0 Å². The highest BCUT2D eigenvalue weighted by atomic mass is 16.7. The van der Waals surface area contributed by atoms with Crippen molar-refractivity contribution in [2.24, 2.45) is 0 Å². The molecule has 7 N–H and O–H groups in total. The molecule has 2 heterocycles. The molecule has 15 nitrogen and oxygen atoms in total. The van der Waals surface area contributed by atoms with Gasteiger partial charge in [-0.3, -0.25) is 9.59 Å². The van der Waals surface area contributed by atoms with Crippen LogP contribution in [0.3, 0.4) is 0 Å². The summed E-state index contributed by atoms with van der Waals surface area (Å²) in [5.74, 6) is -0.939. The molecule has 11 atom stereocenters. The number of hydrogen-bond donors (Lipinski definition) is 7. The van der Waals surface area contributed by atoms with Crippen molar-refractivity contribution in [1.29, 1.82) is 0 Å². The second-order valence-corrected chi connectivity index (χ2v) is 16.9. The summed E-state index contributed by atoms with van der Waals surface area (Å²) in [5, 5.41) is 71.9. The maximum absolute atomic E-state index is 12.9. The fraction of sp³-hybridized carbons (Fsp3) is 0.872. The number of esters is 2. The second kappa shape index (κ2) is 35.3. The summed E-state index contributed by atoms with van der Waals surface area (Å²) in [5.41, 5.74) is 0. The summed E-state index contributed by atoms with van der Waals surface area (Å²) >= 11 is 0. The van der Waals surface area contributed by atoms with Crippen LogP contribution in [0.2, 0.25) is 0 Å². The molecule has 2 aliphatic heterocycles. The third-order valence-corrected chi connectivity index (χ3v) is 11.4. The van der Waals surface area contributed by atoms with E-state index in [2.05, 4.69) is 38.2 Å². The van der Waals surface area contributed by atoms with Crippen molar-refractivity contribution in [2.45, 2.75) is 235 Å². The zero-order valence-electron chi connectivity index (χ0n) is 37.9. The lowest BCUT2D eigenvalue weighted by Gasteiger charge is -2.42. The van der Waals surface area contributed by atoms with E-state index in [1.54, 1.807) is 0 Å². The van der Waals surface area contributed by atoms with Crippen LogP contribution in [-0.4, -0.2) is 142 Å². The van der Waals surface area contributed by atoms with Gasteiger partial charge in [-0.25, -0.2) is 0 Å². The van der Waals surface area contributed by atoms with Crippen LogP contribution in [0.4, 0.5) is 0 Å². The molecule has 0 saturated carbocycles. The van der Waals surface area contributed by atoms with Gasteiger partial charge < -0.3 is 64.2 Å². The van der Waals surface area contributed by atoms with Crippen LogP contribution < -0.4 is 0 Å². The van der Waals surface area contributed by atoms with Crippen LogP contribution in [0.25, 0.3) is 0 Å². The van der Waals surface area contributed by atoms with Gasteiger partial charge in [-0.1, -0.05) is 141 Å². The molecule has 362 valence electrons. The van der Waals surface area contributed by atoms with E-state index < -0.39 is 92.7 Å². The minimum absolute atomic E-state index is 0.165. The predicted molar refractivity (Wildman–Crippen MR) is 234 cm³/mol.